The first-order valence-electron chi connectivity index (χ1n) is 10.6. The number of imide groups is 1. The van der Waals surface area contributed by atoms with Crippen LogP contribution >= 0.6 is 15.9 Å². The number of halogens is 1. The molecule has 4 rings (SSSR count). The number of nitrogens with zero attached hydrogens (tertiary/aromatic N) is 2. The van der Waals surface area contributed by atoms with Crippen molar-refractivity contribution in [3.8, 4) is 0 Å². The van der Waals surface area contributed by atoms with E-state index in [0.29, 0.717) is 24.6 Å². The van der Waals surface area contributed by atoms with Gasteiger partial charge in [-0.3, -0.25) is 14.5 Å². The van der Waals surface area contributed by atoms with Crippen molar-refractivity contribution in [3.05, 3.63) is 70.2 Å². The van der Waals surface area contributed by atoms with E-state index in [0.717, 1.165) is 28.6 Å². The predicted molar refractivity (Wildman–Crippen MR) is 121 cm³/mol. The van der Waals surface area contributed by atoms with Crippen LogP contribution in [0.4, 0.5) is 4.79 Å². The normalized spacial score (nSPS) is 22.0. The van der Waals surface area contributed by atoms with Gasteiger partial charge in [-0.25, -0.2) is 4.79 Å². The zero-order valence-electron chi connectivity index (χ0n) is 17.5. The highest BCUT2D eigenvalue weighted by molar-refractivity contribution is 9.10. The molecule has 2 saturated heterocycles. The van der Waals surface area contributed by atoms with Gasteiger partial charge in [0.1, 0.15) is 12.1 Å². The summed E-state index contributed by atoms with van der Waals surface area (Å²) in [5.74, 6) is -0.0361. The summed E-state index contributed by atoms with van der Waals surface area (Å²) in [6.07, 6.45) is 2.87. The first-order valence-corrected chi connectivity index (χ1v) is 11.4. The summed E-state index contributed by atoms with van der Waals surface area (Å²) >= 11 is 3.40. The van der Waals surface area contributed by atoms with Gasteiger partial charge in [-0.15, -0.1) is 0 Å². The minimum Gasteiger partial charge on any atom is -0.341 e. The molecule has 31 heavy (non-hydrogen) atoms. The van der Waals surface area contributed by atoms with Crippen molar-refractivity contribution in [3.63, 3.8) is 0 Å². The fourth-order valence-electron chi connectivity index (χ4n) is 4.40. The van der Waals surface area contributed by atoms with Gasteiger partial charge in [0.25, 0.3) is 5.91 Å². The molecule has 2 aliphatic rings. The van der Waals surface area contributed by atoms with Crippen molar-refractivity contribution < 1.29 is 14.4 Å². The second-order valence-corrected chi connectivity index (χ2v) is 9.39. The Kier molecular flexibility index (Phi) is 6.14. The fourth-order valence-corrected chi connectivity index (χ4v) is 4.80. The van der Waals surface area contributed by atoms with Crippen molar-refractivity contribution in [2.75, 3.05) is 19.6 Å². The molecule has 0 aromatic heterocycles. The smallest absolute Gasteiger partial charge is 0.325 e. The molecule has 2 aromatic rings. The molecule has 7 heteroatoms. The van der Waals surface area contributed by atoms with Crippen molar-refractivity contribution in [1.82, 2.24) is 15.1 Å². The molecule has 2 aromatic carbocycles. The molecule has 4 amide bonds. The van der Waals surface area contributed by atoms with Crippen LogP contribution < -0.4 is 5.32 Å². The summed E-state index contributed by atoms with van der Waals surface area (Å²) in [5.41, 5.74) is 0.819. The van der Waals surface area contributed by atoms with E-state index in [9.17, 15) is 14.4 Å². The SMILES string of the molecule is CC1(c2cccc(Br)c2)NC(=O)N(CC(=O)N2CCC(Cc3ccccc3)CC2)C1=O. The van der Waals surface area contributed by atoms with E-state index >= 15 is 0 Å². The van der Waals surface area contributed by atoms with Crippen LogP contribution in [0.3, 0.4) is 0 Å². The van der Waals surface area contributed by atoms with Crippen molar-refractivity contribution >= 4 is 33.8 Å². The number of amides is 4. The highest BCUT2D eigenvalue weighted by atomic mass is 79.9. The number of nitrogens with one attached hydrogen (secondary N) is 1. The van der Waals surface area contributed by atoms with Gasteiger partial charge in [0, 0.05) is 17.6 Å². The molecule has 1 unspecified atom stereocenters. The van der Waals surface area contributed by atoms with Crippen molar-refractivity contribution in [2.24, 2.45) is 5.92 Å². The lowest BCUT2D eigenvalue weighted by atomic mass is 9.90. The lowest BCUT2D eigenvalue weighted by Gasteiger charge is -2.33. The lowest BCUT2D eigenvalue weighted by Crippen LogP contribution is -2.46. The van der Waals surface area contributed by atoms with Gasteiger partial charge in [-0.05, 0) is 55.4 Å². The first-order chi connectivity index (χ1) is 14.9. The Hall–Kier alpha value is -2.67. The second-order valence-electron chi connectivity index (χ2n) is 8.47. The van der Waals surface area contributed by atoms with Gasteiger partial charge in [-0.2, -0.15) is 0 Å². The highest BCUT2D eigenvalue weighted by Crippen LogP contribution is 2.30. The van der Waals surface area contributed by atoms with Crippen LogP contribution in [-0.4, -0.2) is 47.3 Å². The van der Waals surface area contributed by atoms with Crippen LogP contribution in [-0.2, 0) is 21.5 Å². The molecule has 0 bridgehead atoms. The number of carbonyl (C=O) groups excluding carboxylic acids is 3. The van der Waals surface area contributed by atoms with Crippen molar-refractivity contribution in [1.29, 1.82) is 0 Å². The molecular formula is C24H26BrN3O3. The van der Waals surface area contributed by atoms with Crippen LogP contribution in [0.15, 0.2) is 59.1 Å². The van der Waals surface area contributed by atoms with E-state index in [4.69, 9.17) is 0 Å². The molecule has 0 aliphatic carbocycles. The summed E-state index contributed by atoms with van der Waals surface area (Å²) < 4.78 is 0.821. The Morgan fingerprint density at radius 1 is 1.10 bits per heavy atom. The summed E-state index contributed by atoms with van der Waals surface area (Å²) in [5, 5.41) is 2.76. The van der Waals surface area contributed by atoms with Gasteiger partial charge in [0.2, 0.25) is 5.91 Å². The average molecular weight is 484 g/mol. The van der Waals surface area contributed by atoms with Gasteiger partial charge >= 0.3 is 6.03 Å². The molecule has 2 fully saturated rings. The average Bonchev–Trinajstić information content (AvgIpc) is 2.99. The van der Waals surface area contributed by atoms with Crippen LogP contribution in [0, 0.1) is 5.92 Å². The third kappa shape index (κ3) is 4.51. The molecule has 2 aliphatic heterocycles. The Bertz CT molecular complexity index is 989. The molecule has 0 radical (unpaired) electrons. The van der Waals surface area contributed by atoms with Crippen molar-refractivity contribution in [2.45, 2.75) is 31.7 Å². The van der Waals surface area contributed by atoms with E-state index in [1.807, 2.05) is 30.3 Å². The number of hydrogen-bond donors (Lipinski definition) is 1. The number of carbonyl (C=O) groups is 3. The number of piperidine rings is 1. The molecule has 162 valence electrons. The second kappa shape index (κ2) is 8.83. The number of urea groups is 1. The van der Waals surface area contributed by atoms with Crippen LogP contribution in [0.1, 0.15) is 30.9 Å². The fraction of sp³-hybridized carbons (Fsp3) is 0.375. The number of hydrogen-bond acceptors (Lipinski definition) is 3. The maximum absolute atomic E-state index is 13.1. The van der Waals surface area contributed by atoms with Gasteiger partial charge in [0.15, 0.2) is 0 Å². The number of benzene rings is 2. The summed E-state index contributed by atoms with van der Waals surface area (Å²) in [7, 11) is 0. The van der Waals surface area contributed by atoms with Gasteiger partial charge in [-0.1, -0.05) is 58.4 Å². The highest BCUT2D eigenvalue weighted by Gasteiger charge is 2.49. The van der Waals surface area contributed by atoms with Gasteiger partial charge < -0.3 is 10.2 Å². The Labute approximate surface area is 190 Å². The standard InChI is InChI=1S/C24H26BrN3O3/c1-24(19-8-5-9-20(25)15-19)22(30)28(23(31)26-24)16-21(29)27-12-10-18(11-13-27)14-17-6-3-2-4-7-17/h2-9,15,18H,10-14,16H2,1H3,(H,26,31). The maximum Gasteiger partial charge on any atom is 0.325 e. The number of likely N-dealkylation sites (tertiary alicyclic amines) is 1. The van der Waals surface area contributed by atoms with E-state index < -0.39 is 17.5 Å². The third-order valence-corrected chi connectivity index (χ3v) is 6.80. The topological polar surface area (TPSA) is 69.7 Å². The minimum atomic E-state index is -1.18. The van der Waals surface area contributed by atoms with E-state index in [2.05, 4.69) is 33.4 Å². The zero-order chi connectivity index (χ0) is 22.0. The summed E-state index contributed by atoms with van der Waals surface area (Å²) in [4.78, 5) is 41.3. The first kappa shape index (κ1) is 21.6. The minimum absolute atomic E-state index is 0.180. The predicted octanol–water partition coefficient (Wildman–Crippen LogP) is 3.70. The maximum atomic E-state index is 13.1. The summed E-state index contributed by atoms with van der Waals surface area (Å²) in [6, 6.07) is 17.1. The van der Waals surface area contributed by atoms with Crippen LogP contribution in [0.5, 0.6) is 0 Å². The monoisotopic (exact) mass is 483 g/mol. The summed E-state index contributed by atoms with van der Waals surface area (Å²) in [6.45, 7) is 2.76. The Morgan fingerprint density at radius 3 is 2.48 bits per heavy atom. The van der Waals surface area contributed by atoms with Gasteiger partial charge in [0.05, 0.1) is 0 Å². The molecule has 2 heterocycles. The zero-order valence-corrected chi connectivity index (χ0v) is 19.1. The molecule has 0 saturated carbocycles. The largest absolute Gasteiger partial charge is 0.341 e. The number of rotatable bonds is 5. The molecule has 1 atom stereocenters. The van der Waals surface area contributed by atoms with Crippen LogP contribution in [0.25, 0.3) is 0 Å². The molecular weight excluding hydrogens is 458 g/mol. The van der Waals surface area contributed by atoms with E-state index in [1.54, 1.807) is 24.0 Å². The Balaban J connectivity index is 1.35. The van der Waals surface area contributed by atoms with Crippen LogP contribution in [0.2, 0.25) is 0 Å². The Morgan fingerprint density at radius 2 is 1.81 bits per heavy atom. The lowest BCUT2D eigenvalue weighted by molar-refractivity contribution is -0.139. The molecule has 0 spiro atoms. The third-order valence-electron chi connectivity index (χ3n) is 6.30. The quantitative estimate of drug-likeness (QED) is 0.659. The van der Waals surface area contributed by atoms with E-state index in [-0.39, 0.29) is 12.5 Å². The molecule has 6 nitrogen and oxygen atoms in total. The molecule has 1 N–H and O–H groups in total. The van der Waals surface area contributed by atoms with E-state index in [1.165, 1.54) is 5.56 Å².